The standard InChI is InChI=1S/C18H34O4/c1-2-3-4-5-6-7-8-11-14-17(22-21)15-12-9-10-13-16-18(19)20/h11,14,17,21H,2-10,12-13,15-16H2,1H3,(H,19,20)/p-1/b14-11-/t17-/m0/s1. The van der Waals surface area contributed by atoms with Gasteiger partial charge in [-0.3, -0.25) is 5.26 Å². The van der Waals surface area contributed by atoms with E-state index in [1.54, 1.807) is 0 Å². The Morgan fingerprint density at radius 3 is 2.36 bits per heavy atom. The summed E-state index contributed by atoms with van der Waals surface area (Å²) in [5.41, 5.74) is 0. The summed E-state index contributed by atoms with van der Waals surface area (Å²) >= 11 is 0. The Morgan fingerprint density at radius 2 is 1.68 bits per heavy atom. The van der Waals surface area contributed by atoms with Crippen molar-refractivity contribution in [3.05, 3.63) is 12.2 Å². The Balaban J connectivity index is 3.48. The third-order valence-corrected chi connectivity index (χ3v) is 3.83. The first-order chi connectivity index (χ1) is 10.7. The lowest BCUT2D eigenvalue weighted by Crippen LogP contribution is -2.21. The Kier molecular flexibility index (Phi) is 15.8. The molecule has 4 nitrogen and oxygen atoms in total. The Morgan fingerprint density at radius 1 is 1.05 bits per heavy atom. The highest BCUT2D eigenvalue weighted by Crippen LogP contribution is 2.11. The zero-order chi connectivity index (χ0) is 16.5. The van der Waals surface area contributed by atoms with Crippen LogP contribution in [0.15, 0.2) is 12.2 Å². The minimum Gasteiger partial charge on any atom is -0.550 e. The van der Waals surface area contributed by atoms with Crippen LogP contribution in [0.2, 0.25) is 0 Å². The maximum atomic E-state index is 10.3. The molecule has 0 spiro atoms. The van der Waals surface area contributed by atoms with Gasteiger partial charge in [-0.05, 0) is 32.1 Å². The van der Waals surface area contributed by atoms with Crippen LogP contribution in [0.4, 0.5) is 0 Å². The molecule has 0 rings (SSSR count). The lowest BCUT2D eigenvalue weighted by atomic mass is 10.1. The summed E-state index contributed by atoms with van der Waals surface area (Å²) < 4.78 is 0. The maximum Gasteiger partial charge on any atom is 0.111 e. The predicted octanol–water partition coefficient (Wildman–Crippen LogP) is 4.24. The fraction of sp³-hybridized carbons (Fsp3) is 0.833. The number of aliphatic carboxylic acids is 1. The van der Waals surface area contributed by atoms with E-state index in [-0.39, 0.29) is 12.5 Å². The Labute approximate surface area is 135 Å². The molecule has 0 aliphatic heterocycles. The first-order valence-corrected chi connectivity index (χ1v) is 8.87. The van der Waals surface area contributed by atoms with E-state index in [1.165, 1.54) is 38.5 Å². The summed E-state index contributed by atoms with van der Waals surface area (Å²) in [6.45, 7) is 2.22. The van der Waals surface area contributed by atoms with E-state index in [1.807, 2.05) is 6.08 Å². The number of carbonyl (C=O) groups excluding carboxylic acids is 1. The van der Waals surface area contributed by atoms with Crippen molar-refractivity contribution >= 4 is 5.97 Å². The van der Waals surface area contributed by atoms with Gasteiger partial charge in [0.25, 0.3) is 0 Å². The third-order valence-electron chi connectivity index (χ3n) is 3.83. The molecule has 0 saturated carbocycles. The summed E-state index contributed by atoms with van der Waals surface area (Å²) in [6, 6.07) is 0. The van der Waals surface area contributed by atoms with Gasteiger partial charge >= 0.3 is 0 Å². The summed E-state index contributed by atoms with van der Waals surface area (Å²) in [6.07, 6.45) is 16.9. The van der Waals surface area contributed by atoms with Crippen LogP contribution >= 0.6 is 0 Å². The zero-order valence-corrected chi connectivity index (χ0v) is 14.1. The lowest BCUT2D eigenvalue weighted by molar-refractivity contribution is -0.305. The molecule has 1 atom stereocenters. The summed E-state index contributed by atoms with van der Waals surface area (Å²) in [5.74, 6) is -0.978. The molecule has 0 radical (unpaired) electrons. The molecular weight excluding hydrogens is 280 g/mol. The van der Waals surface area contributed by atoms with Crippen LogP contribution in [0.25, 0.3) is 0 Å². The first kappa shape index (κ1) is 21.1. The summed E-state index contributed by atoms with van der Waals surface area (Å²) in [7, 11) is 0. The number of hydrogen-bond donors (Lipinski definition) is 1. The number of carbonyl (C=O) groups is 1. The molecule has 0 amide bonds. The normalized spacial score (nSPS) is 12.8. The number of allylic oxidation sites excluding steroid dienone is 1. The molecule has 0 aromatic heterocycles. The molecular formula is C18H33O4-. The van der Waals surface area contributed by atoms with Crippen molar-refractivity contribution < 1.29 is 20.0 Å². The van der Waals surface area contributed by atoms with Gasteiger partial charge in [0, 0.05) is 5.97 Å². The molecule has 1 N–H and O–H groups in total. The fourth-order valence-electron chi connectivity index (χ4n) is 2.44. The number of carboxylic acids is 1. The number of rotatable bonds is 16. The molecule has 4 heteroatoms. The molecule has 0 aromatic rings. The molecule has 130 valence electrons. The van der Waals surface area contributed by atoms with Crippen LogP contribution in [0.3, 0.4) is 0 Å². The van der Waals surface area contributed by atoms with Crippen LogP contribution < -0.4 is 5.11 Å². The number of hydrogen-bond acceptors (Lipinski definition) is 4. The van der Waals surface area contributed by atoms with E-state index >= 15 is 0 Å². The second kappa shape index (κ2) is 16.5. The van der Waals surface area contributed by atoms with Crippen LogP contribution in [0.5, 0.6) is 0 Å². The molecule has 0 saturated heterocycles. The average molecular weight is 313 g/mol. The molecule has 0 fully saturated rings. The van der Waals surface area contributed by atoms with Gasteiger partial charge in [0.15, 0.2) is 0 Å². The van der Waals surface area contributed by atoms with Gasteiger partial charge in [-0.2, -0.15) is 0 Å². The minimum atomic E-state index is -0.978. The topological polar surface area (TPSA) is 69.6 Å². The van der Waals surface area contributed by atoms with Crippen LogP contribution in [-0.4, -0.2) is 17.3 Å². The third kappa shape index (κ3) is 15.5. The highest BCUT2D eigenvalue weighted by atomic mass is 17.1. The smallest absolute Gasteiger partial charge is 0.111 e. The fourth-order valence-corrected chi connectivity index (χ4v) is 2.44. The van der Waals surface area contributed by atoms with Crippen molar-refractivity contribution in [3.8, 4) is 0 Å². The van der Waals surface area contributed by atoms with Gasteiger partial charge in [-0.15, -0.1) is 0 Å². The second-order valence-corrected chi connectivity index (χ2v) is 5.95. The van der Waals surface area contributed by atoms with E-state index in [0.717, 1.165) is 32.1 Å². The molecule has 0 aliphatic rings. The van der Waals surface area contributed by atoms with Crippen molar-refractivity contribution in [1.82, 2.24) is 0 Å². The lowest BCUT2D eigenvalue weighted by Gasteiger charge is -2.08. The van der Waals surface area contributed by atoms with Crippen LogP contribution in [0, 0.1) is 0 Å². The van der Waals surface area contributed by atoms with Crippen molar-refractivity contribution in [2.24, 2.45) is 0 Å². The molecule has 0 unspecified atom stereocenters. The summed E-state index contributed by atoms with van der Waals surface area (Å²) in [4.78, 5) is 14.7. The Bertz CT molecular complexity index is 276. The van der Waals surface area contributed by atoms with Crippen molar-refractivity contribution in [2.45, 2.75) is 96.5 Å². The van der Waals surface area contributed by atoms with Gasteiger partial charge in [0.05, 0.1) is 0 Å². The monoisotopic (exact) mass is 313 g/mol. The SMILES string of the molecule is CCCCCCCC/C=C\[C@@H](CCCCCCC(=O)[O-])OO. The molecule has 22 heavy (non-hydrogen) atoms. The molecule has 0 aliphatic carbocycles. The number of unbranched alkanes of at least 4 members (excludes halogenated alkanes) is 9. The maximum absolute atomic E-state index is 10.3. The van der Waals surface area contributed by atoms with E-state index < -0.39 is 5.97 Å². The van der Waals surface area contributed by atoms with Crippen LogP contribution in [0.1, 0.15) is 90.4 Å². The van der Waals surface area contributed by atoms with Crippen LogP contribution in [-0.2, 0) is 9.68 Å². The van der Waals surface area contributed by atoms with Gasteiger partial charge in [-0.25, -0.2) is 4.89 Å². The second-order valence-electron chi connectivity index (χ2n) is 5.95. The van der Waals surface area contributed by atoms with E-state index in [9.17, 15) is 9.90 Å². The predicted molar refractivity (Wildman–Crippen MR) is 87.3 cm³/mol. The van der Waals surface area contributed by atoms with Crippen molar-refractivity contribution in [2.75, 3.05) is 0 Å². The van der Waals surface area contributed by atoms with E-state index in [0.29, 0.717) is 6.42 Å². The first-order valence-electron chi connectivity index (χ1n) is 8.87. The molecule has 0 heterocycles. The average Bonchev–Trinajstić information content (AvgIpc) is 2.50. The van der Waals surface area contributed by atoms with E-state index in [2.05, 4.69) is 17.9 Å². The highest BCUT2D eigenvalue weighted by Gasteiger charge is 2.03. The largest absolute Gasteiger partial charge is 0.550 e. The van der Waals surface area contributed by atoms with Gasteiger partial charge in [0.1, 0.15) is 6.10 Å². The van der Waals surface area contributed by atoms with Gasteiger partial charge in [0.2, 0.25) is 0 Å². The van der Waals surface area contributed by atoms with Gasteiger partial charge in [-0.1, -0.05) is 70.4 Å². The minimum absolute atomic E-state index is 0.137. The van der Waals surface area contributed by atoms with Crippen molar-refractivity contribution in [3.63, 3.8) is 0 Å². The highest BCUT2D eigenvalue weighted by molar-refractivity contribution is 5.63. The van der Waals surface area contributed by atoms with E-state index in [4.69, 9.17) is 5.26 Å². The molecule has 0 bridgehead atoms. The Hall–Kier alpha value is -0.870. The quantitative estimate of drug-likeness (QED) is 0.200. The van der Waals surface area contributed by atoms with Crippen molar-refractivity contribution in [1.29, 1.82) is 0 Å². The zero-order valence-electron chi connectivity index (χ0n) is 14.1. The summed E-state index contributed by atoms with van der Waals surface area (Å²) in [5, 5.41) is 19.1. The molecule has 0 aromatic carbocycles. The van der Waals surface area contributed by atoms with Gasteiger partial charge < -0.3 is 9.90 Å². The number of carboxylic acid groups (broad SMARTS) is 1.